The Morgan fingerprint density at radius 3 is 1.68 bits per heavy atom. The Labute approximate surface area is 120 Å². The van der Waals surface area contributed by atoms with E-state index in [4.69, 9.17) is 0 Å². The molecule has 0 aliphatic heterocycles. The van der Waals surface area contributed by atoms with Gasteiger partial charge in [-0.1, -0.05) is 70.4 Å². The lowest BCUT2D eigenvalue weighted by Gasteiger charge is -1.99. The summed E-state index contributed by atoms with van der Waals surface area (Å²) < 4.78 is 0. The van der Waals surface area contributed by atoms with Crippen molar-refractivity contribution in [3.05, 3.63) is 12.2 Å². The zero-order chi connectivity index (χ0) is 14.0. The minimum absolute atomic E-state index is 0.628. The highest BCUT2D eigenvalue weighted by molar-refractivity contribution is 5.50. The van der Waals surface area contributed by atoms with E-state index in [9.17, 15) is 4.79 Å². The lowest BCUT2D eigenvalue weighted by atomic mass is 10.1. The zero-order valence-electron chi connectivity index (χ0n) is 13.0. The zero-order valence-corrected chi connectivity index (χ0v) is 13.0. The number of unbranched alkanes of at least 4 members (excludes halogenated alkanes) is 12. The molecular formula is C18H33O. The quantitative estimate of drug-likeness (QED) is 0.257. The minimum Gasteiger partial charge on any atom is -0.291 e. The van der Waals surface area contributed by atoms with E-state index in [0.29, 0.717) is 6.42 Å². The van der Waals surface area contributed by atoms with Crippen LogP contribution in [-0.4, -0.2) is 6.29 Å². The van der Waals surface area contributed by atoms with E-state index < -0.39 is 0 Å². The fourth-order valence-electron chi connectivity index (χ4n) is 2.27. The van der Waals surface area contributed by atoms with Crippen molar-refractivity contribution in [3.8, 4) is 0 Å². The molecule has 1 nitrogen and oxygen atoms in total. The van der Waals surface area contributed by atoms with Gasteiger partial charge < -0.3 is 0 Å². The van der Waals surface area contributed by atoms with Gasteiger partial charge in [-0.15, -0.1) is 0 Å². The summed E-state index contributed by atoms with van der Waals surface area (Å²) in [5, 5.41) is 0. The van der Waals surface area contributed by atoms with Crippen LogP contribution >= 0.6 is 0 Å². The van der Waals surface area contributed by atoms with Crippen LogP contribution in [0.25, 0.3) is 0 Å². The van der Waals surface area contributed by atoms with Crippen molar-refractivity contribution in [2.24, 2.45) is 0 Å². The molecule has 0 amide bonds. The van der Waals surface area contributed by atoms with E-state index in [1.54, 1.807) is 0 Å². The van der Waals surface area contributed by atoms with Gasteiger partial charge in [0, 0.05) is 6.42 Å². The summed E-state index contributed by atoms with van der Waals surface area (Å²) >= 11 is 0. The third kappa shape index (κ3) is 17.4. The average Bonchev–Trinajstić information content (AvgIpc) is 2.43. The highest BCUT2D eigenvalue weighted by Crippen LogP contribution is 2.10. The molecular weight excluding hydrogens is 232 g/mol. The van der Waals surface area contributed by atoms with Gasteiger partial charge in [-0.05, 0) is 32.1 Å². The van der Waals surface area contributed by atoms with Gasteiger partial charge in [0.2, 0.25) is 0 Å². The summed E-state index contributed by atoms with van der Waals surface area (Å²) in [7, 11) is 0. The predicted octanol–water partition coefficient (Wildman–Crippen LogP) is 6.13. The maximum Gasteiger partial charge on any atom is 0.198 e. The lowest BCUT2D eigenvalue weighted by molar-refractivity contribution is 0.540. The number of hydrogen-bond acceptors (Lipinski definition) is 1. The number of carbonyl (C=O) groups excluding carboxylic acids is 1. The van der Waals surface area contributed by atoms with E-state index in [-0.39, 0.29) is 0 Å². The van der Waals surface area contributed by atoms with Crippen LogP contribution in [-0.2, 0) is 4.79 Å². The maximum absolute atomic E-state index is 10.0. The van der Waals surface area contributed by atoms with Crippen LogP contribution < -0.4 is 0 Å². The van der Waals surface area contributed by atoms with Crippen LogP contribution in [0.4, 0.5) is 0 Å². The molecule has 0 aromatic rings. The summed E-state index contributed by atoms with van der Waals surface area (Å²) in [6.45, 7) is 2.26. The summed E-state index contributed by atoms with van der Waals surface area (Å²) in [5.74, 6) is 0. The Bertz CT molecular complexity index is 196. The summed E-state index contributed by atoms with van der Waals surface area (Å²) in [6.07, 6.45) is 24.2. The Morgan fingerprint density at radius 2 is 1.16 bits per heavy atom. The Morgan fingerprint density at radius 1 is 0.684 bits per heavy atom. The van der Waals surface area contributed by atoms with Crippen molar-refractivity contribution in [2.75, 3.05) is 0 Å². The third-order valence-electron chi connectivity index (χ3n) is 3.54. The van der Waals surface area contributed by atoms with E-state index in [1.165, 1.54) is 77.0 Å². The van der Waals surface area contributed by atoms with Gasteiger partial charge >= 0.3 is 0 Å². The molecule has 0 aromatic heterocycles. The second kappa shape index (κ2) is 17.4. The van der Waals surface area contributed by atoms with Crippen molar-refractivity contribution in [2.45, 2.75) is 96.8 Å². The standard InChI is InChI=1S/C18H33O/c1-2-3-4-5-6-7-8-9-10-11-12-13-14-15-16-17-18-19/h7-8H,2-6,9-17H2,1H3/b8-7+. The molecule has 0 aliphatic carbocycles. The van der Waals surface area contributed by atoms with Crippen molar-refractivity contribution in [3.63, 3.8) is 0 Å². The van der Waals surface area contributed by atoms with Gasteiger partial charge in [0.15, 0.2) is 6.29 Å². The second-order valence-corrected chi connectivity index (χ2v) is 5.48. The molecule has 0 aromatic carbocycles. The molecule has 0 saturated heterocycles. The van der Waals surface area contributed by atoms with Gasteiger partial charge in [0.05, 0.1) is 0 Å². The lowest BCUT2D eigenvalue weighted by Crippen LogP contribution is -1.81. The second-order valence-electron chi connectivity index (χ2n) is 5.48. The fourth-order valence-corrected chi connectivity index (χ4v) is 2.27. The van der Waals surface area contributed by atoms with Gasteiger partial charge in [-0.25, -0.2) is 0 Å². The molecule has 0 spiro atoms. The first-order valence-corrected chi connectivity index (χ1v) is 8.41. The van der Waals surface area contributed by atoms with E-state index in [2.05, 4.69) is 19.1 Å². The minimum atomic E-state index is 0.628. The van der Waals surface area contributed by atoms with Crippen molar-refractivity contribution in [1.82, 2.24) is 0 Å². The molecule has 0 saturated carbocycles. The number of allylic oxidation sites excluding steroid dienone is 2. The van der Waals surface area contributed by atoms with Crippen LogP contribution in [0.2, 0.25) is 0 Å². The average molecular weight is 265 g/mol. The third-order valence-corrected chi connectivity index (χ3v) is 3.54. The SMILES string of the molecule is CCCCCC/C=C/CCCCCCCCC[C]=O. The molecule has 1 heteroatoms. The number of hydrogen-bond donors (Lipinski definition) is 0. The Kier molecular flexibility index (Phi) is 16.9. The summed E-state index contributed by atoms with van der Waals surface area (Å²) in [5.41, 5.74) is 0. The Balaban J connectivity index is 3.01. The van der Waals surface area contributed by atoms with E-state index >= 15 is 0 Å². The molecule has 0 aliphatic rings. The van der Waals surface area contributed by atoms with E-state index in [1.807, 2.05) is 6.29 Å². The van der Waals surface area contributed by atoms with Gasteiger partial charge in [0.25, 0.3) is 0 Å². The molecule has 111 valence electrons. The van der Waals surface area contributed by atoms with Gasteiger partial charge in [0.1, 0.15) is 0 Å². The maximum atomic E-state index is 10.0. The summed E-state index contributed by atoms with van der Waals surface area (Å²) in [4.78, 5) is 10.0. The van der Waals surface area contributed by atoms with Gasteiger partial charge in [-0.2, -0.15) is 0 Å². The molecule has 0 fully saturated rings. The molecule has 0 atom stereocenters. The first-order chi connectivity index (χ1) is 9.41. The molecule has 0 bridgehead atoms. The topological polar surface area (TPSA) is 17.1 Å². The predicted molar refractivity (Wildman–Crippen MR) is 85.1 cm³/mol. The van der Waals surface area contributed by atoms with Crippen LogP contribution in [0.1, 0.15) is 96.8 Å². The van der Waals surface area contributed by atoms with Crippen LogP contribution in [0.5, 0.6) is 0 Å². The van der Waals surface area contributed by atoms with Crippen LogP contribution in [0.15, 0.2) is 12.2 Å². The van der Waals surface area contributed by atoms with Gasteiger partial charge in [-0.3, -0.25) is 4.79 Å². The van der Waals surface area contributed by atoms with Crippen molar-refractivity contribution < 1.29 is 4.79 Å². The Hall–Kier alpha value is -0.590. The number of rotatable bonds is 15. The highest BCUT2D eigenvalue weighted by Gasteiger charge is 1.91. The molecule has 1 radical (unpaired) electrons. The molecule has 0 unspecified atom stereocenters. The van der Waals surface area contributed by atoms with E-state index in [0.717, 1.165) is 6.42 Å². The largest absolute Gasteiger partial charge is 0.291 e. The normalized spacial score (nSPS) is 11.2. The monoisotopic (exact) mass is 265 g/mol. The highest BCUT2D eigenvalue weighted by atomic mass is 16.1. The fraction of sp³-hybridized carbons (Fsp3) is 0.833. The molecule has 0 heterocycles. The summed E-state index contributed by atoms with van der Waals surface area (Å²) in [6, 6.07) is 0. The van der Waals surface area contributed by atoms with Crippen molar-refractivity contribution >= 4 is 6.29 Å². The van der Waals surface area contributed by atoms with Crippen LogP contribution in [0.3, 0.4) is 0 Å². The molecule has 0 N–H and O–H groups in total. The smallest absolute Gasteiger partial charge is 0.198 e. The van der Waals surface area contributed by atoms with Crippen molar-refractivity contribution in [1.29, 1.82) is 0 Å². The first-order valence-electron chi connectivity index (χ1n) is 8.41. The van der Waals surface area contributed by atoms with Crippen LogP contribution in [0, 0.1) is 0 Å². The molecule has 0 rings (SSSR count). The first kappa shape index (κ1) is 18.4. The molecule has 19 heavy (non-hydrogen) atoms.